The zero-order valence-corrected chi connectivity index (χ0v) is 13.0. The number of methoxy groups -OCH3 is 1. The fourth-order valence-corrected chi connectivity index (χ4v) is 2.56. The third kappa shape index (κ3) is 3.60. The molecule has 0 aliphatic carbocycles. The lowest BCUT2D eigenvalue weighted by Crippen LogP contribution is -2.28. The lowest BCUT2D eigenvalue weighted by molar-refractivity contribution is -0.117. The Bertz CT molecular complexity index is 737. The van der Waals surface area contributed by atoms with E-state index in [0.29, 0.717) is 25.3 Å². The van der Waals surface area contributed by atoms with Gasteiger partial charge in [0.15, 0.2) is 0 Å². The van der Waals surface area contributed by atoms with E-state index >= 15 is 0 Å². The van der Waals surface area contributed by atoms with Crippen molar-refractivity contribution in [2.45, 2.75) is 13.2 Å². The molecule has 23 heavy (non-hydrogen) atoms. The van der Waals surface area contributed by atoms with Crippen molar-refractivity contribution in [2.75, 3.05) is 13.7 Å². The van der Waals surface area contributed by atoms with E-state index in [4.69, 9.17) is 9.47 Å². The summed E-state index contributed by atoms with van der Waals surface area (Å²) in [7, 11) is 1.66. The van der Waals surface area contributed by atoms with E-state index in [1.54, 1.807) is 7.11 Å². The third-order valence-electron chi connectivity index (χ3n) is 3.78. The number of para-hydroxylation sites is 1. The SMILES string of the molecule is COCc1ccccc1CNC(=O)C1=Cc2ccccc2OC1. The summed E-state index contributed by atoms with van der Waals surface area (Å²) in [6, 6.07) is 15.6. The van der Waals surface area contributed by atoms with E-state index in [1.165, 1.54) is 0 Å². The molecule has 0 saturated heterocycles. The third-order valence-corrected chi connectivity index (χ3v) is 3.78. The number of hydrogen-bond donors (Lipinski definition) is 1. The smallest absolute Gasteiger partial charge is 0.250 e. The number of amides is 1. The summed E-state index contributed by atoms with van der Waals surface area (Å²) in [5, 5.41) is 2.96. The number of nitrogens with one attached hydrogen (secondary N) is 1. The van der Waals surface area contributed by atoms with Crippen molar-refractivity contribution in [3.05, 3.63) is 70.8 Å². The van der Waals surface area contributed by atoms with E-state index in [0.717, 1.165) is 22.4 Å². The highest BCUT2D eigenvalue weighted by Gasteiger charge is 2.16. The van der Waals surface area contributed by atoms with Crippen LogP contribution in [-0.4, -0.2) is 19.6 Å². The number of carbonyl (C=O) groups excluding carboxylic acids is 1. The van der Waals surface area contributed by atoms with Crippen LogP contribution in [0.15, 0.2) is 54.1 Å². The number of fused-ring (bicyclic) bond motifs is 1. The summed E-state index contributed by atoms with van der Waals surface area (Å²) >= 11 is 0. The minimum Gasteiger partial charge on any atom is -0.488 e. The van der Waals surface area contributed by atoms with Gasteiger partial charge in [0.2, 0.25) is 0 Å². The Balaban J connectivity index is 1.68. The molecule has 1 amide bonds. The highest BCUT2D eigenvalue weighted by molar-refractivity contribution is 5.99. The molecule has 1 aliphatic rings. The van der Waals surface area contributed by atoms with Crippen molar-refractivity contribution < 1.29 is 14.3 Å². The topological polar surface area (TPSA) is 47.6 Å². The molecule has 118 valence electrons. The van der Waals surface area contributed by atoms with Gasteiger partial charge in [-0.3, -0.25) is 4.79 Å². The summed E-state index contributed by atoms with van der Waals surface area (Å²) in [5.41, 5.74) is 3.70. The Hall–Kier alpha value is -2.59. The molecule has 0 spiro atoms. The molecule has 2 aromatic carbocycles. The first kappa shape index (κ1) is 15.3. The van der Waals surface area contributed by atoms with Crippen LogP contribution >= 0.6 is 0 Å². The largest absolute Gasteiger partial charge is 0.488 e. The van der Waals surface area contributed by atoms with Crippen LogP contribution in [0.4, 0.5) is 0 Å². The van der Waals surface area contributed by atoms with E-state index in [9.17, 15) is 4.79 Å². The molecule has 0 fully saturated rings. The standard InChI is InChI=1S/C19H19NO3/c1-22-12-16-8-3-2-7-15(16)11-20-19(21)17-10-14-6-4-5-9-18(14)23-13-17/h2-10H,11-13H2,1H3,(H,20,21). The average Bonchev–Trinajstić information content (AvgIpc) is 2.60. The zero-order chi connectivity index (χ0) is 16.1. The molecule has 4 nitrogen and oxygen atoms in total. The molecule has 3 rings (SSSR count). The fourth-order valence-electron chi connectivity index (χ4n) is 2.56. The van der Waals surface area contributed by atoms with Crippen molar-refractivity contribution in [1.82, 2.24) is 5.32 Å². The fraction of sp³-hybridized carbons (Fsp3) is 0.211. The Morgan fingerprint density at radius 3 is 2.70 bits per heavy atom. The molecular formula is C19H19NO3. The molecule has 1 heterocycles. The number of rotatable bonds is 5. The number of ether oxygens (including phenoxy) is 2. The Labute approximate surface area is 135 Å². The second-order valence-corrected chi connectivity index (χ2v) is 5.38. The summed E-state index contributed by atoms with van der Waals surface area (Å²) < 4.78 is 10.8. The van der Waals surface area contributed by atoms with E-state index < -0.39 is 0 Å². The van der Waals surface area contributed by atoms with Crippen LogP contribution in [0.5, 0.6) is 5.75 Å². The van der Waals surface area contributed by atoms with Gasteiger partial charge in [-0.25, -0.2) is 0 Å². The van der Waals surface area contributed by atoms with Gasteiger partial charge < -0.3 is 14.8 Å². The molecule has 0 aromatic heterocycles. The number of benzene rings is 2. The summed E-state index contributed by atoms with van der Waals surface area (Å²) in [6.07, 6.45) is 1.88. The van der Waals surface area contributed by atoms with E-state index in [2.05, 4.69) is 5.32 Å². The Morgan fingerprint density at radius 2 is 1.87 bits per heavy atom. The van der Waals surface area contributed by atoms with E-state index in [1.807, 2.05) is 54.6 Å². The van der Waals surface area contributed by atoms with Crippen LogP contribution < -0.4 is 10.1 Å². The predicted molar refractivity (Wildman–Crippen MR) is 88.9 cm³/mol. The molecule has 1 N–H and O–H groups in total. The van der Waals surface area contributed by atoms with Crippen LogP contribution in [0, 0.1) is 0 Å². The molecule has 2 aromatic rings. The maximum absolute atomic E-state index is 12.4. The first-order chi connectivity index (χ1) is 11.3. The highest BCUT2D eigenvalue weighted by Crippen LogP contribution is 2.25. The molecular weight excluding hydrogens is 290 g/mol. The van der Waals surface area contributed by atoms with Gasteiger partial charge in [-0.05, 0) is 23.3 Å². The van der Waals surface area contributed by atoms with Gasteiger partial charge in [-0.2, -0.15) is 0 Å². The van der Waals surface area contributed by atoms with Crippen molar-refractivity contribution >= 4 is 12.0 Å². The van der Waals surface area contributed by atoms with Gasteiger partial charge in [0.1, 0.15) is 12.4 Å². The van der Waals surface area contributed by atoms with Crippen molar-refractivity contribution in [1.29, 1.82) is 0 Å². The average molecular weight is 309 g/mol. The molecule has 0 unspecified atom stereocenters. The zero-order valence-electron chi connectivity index (χ0n) is 13.0. The van der Waals surface area contributed by atoms with Gasteiger partial charge in [-0.15, -0.1) is 0 Å². The summed E-state index contributed by atoms with van der Waals surface area (Å²) in [5.74, 6) is 0.709. The summed E-state index contributed by atoms with van der Waals surface area (Å²) in [6.45, 7) is 1.30. The summed E-state index contributed by atoms with van der Waals surface area (Å²) in [4.78, 5) is 12.4. The minimum absolute atomic E-state index is 0.105. The lowest BCUT2D eigenvalue weighted by Gasteiger charge is -2.18. The normalized spacial score (nSPS) is 12.8. The Morgan fingerprint density at radius 1 is 1.13 bits per heavy atom. The minimum atomic E-state index is -0.105. The highest BCUT2D eigenvalue weighted by atomic mass is 16.5. The van der Waals surface area contributed by atoms with Crippen LogP contribution in [0.25, 0.3) is 6.08 Å². The van der Waals surface area contributed by atoms with Gasteiger partial charge in [0.05, 0.1) is 12.2 Å². The second-order valence-electron chi connectivity index (χ2n) is 5.38. The monoisotopic (exact) mass is 309 g/mol. The van der Waals surface area contributed by atoms with Crippen LogP contribution in [0.1, 0.15) is 16.7 Å². The predicted octanol–water partition coefficient (Wildman–Crippen LogP) is 2.93. The molecule has 1 aliphatic heterocycles. The maximum Gasteiger partial charge on any atom is 0.250 e. The van der Waals surface area contributed by atoms with Gasteiger partial charge >= 0.3 is 0 Å². The number of carbonyl (C=O) groups is 1. The van der Waals surface area contributed by atoms with Gasteiger partial charge in [-0.1, -0.05) is 42.5 Å². The van der Waals surface area contributed by atoms with Crippen molar-refractivity contribution in [3.63, 3.8) is 0 Å². The molecule has 0 saturated carbocycles. The van der Waals surface area contributed by atoms with E-state index in [-0.39, 0.29) is 5.91 Å². The lowest BCUT2D eigenvalue weighted by atomic mass is 10.1. The van der Waals surface area contributed by atoms with Crippen molar-refractivity contribution in [2.24, 2.45) is 0 Å². The maximum atomic E-state index is 12.4. The van der Waals surface area contributed by atoms with Crippen molar-refractivity contribution in [3.8, 4) is 5.75 Å². The Kier molecular flexibility index (Phi) is 4.74. The first-order valence-corrected chi connectivity index (χ1v) is 7.54. The van der Waals surface area contributed by atoms with Crippen LogP contribution in [0.3, 0.4) is 0 Å². The van der Waals surface area contributed by atoms with Gasteiger partial charge in [0.25, 0.3) is 5.91 Å². The first-order valence-electron chi connectivity index (χ1n) is 7.54. The molecule has 0 atom stereocenters. The quantitative estimate of drug-likeness (QED) is 0.924. The molecule has 4 heteroatoms. The second kappa shape index (κ2) is 7.11. The van der Waals surface area contributed by atoms with Crippen LogP contribution in [0.2, 0.25) is 0 Å². The van der Waals surface area contributed by atoms with Crippen LogP contribution in [-0.2, 0) is 22.7 Å². The van der Waals surface area contributed by atoms with Gasteiger partial charge in [0, 0.05) is 19.2 Å². The molecule has 0 bridgehead atoms. The number of hydrogen-bond acceptors (Lipinski definition) is 3. The molecule has 0 radical (unpaired) electrons.